The van der Waals surface area contributed by atoms with Gasteiger partial charge in [-0.05, 0) is 75.7 Å². The molecule has 2 aliphatic heterocycles. The molecule has 2 saturated heterocycles. The fourth-order valence-electron chi connectivity index (χ4n) is 5.69. The van der Waals surface area contributed by atoms with Crippen LogP contribution in [0.2, 0.25) is 5.02 Å². The van der Waals surface area contributed by atoms with Crippen LogP contribution in [0.3, 0.4) is 0 Å². The van der Waals surface area contributed by atoms with E-state index in [1.165, 1.54) is 18.1 Å². The summed E-state index contributed by atoms with van der Waals surface area (Å²) < 4.78 is 5.24. The Bertz CT molecular complexity index is 1740. The standard InChI is InChI=1S/C19H28N4O2.C12H11NO3.C7H7Cl/c1-20-15-18(24)22-13-11-21(12-14-22)17-8-4-3-7-16(17)19(25)23-9-5-2-6-10-23;1-13(2)8-3-4-12-10(5-8)11(15)6-9(7-14)16-12;1-6-2-4-7(8)5-3-6/h3-4,7-8,20H,2,5-6,9-15H2,1H3;3-7H,1-2H3;2-5H,1H3. The Balaban J connectivity index is 0.000000191. The van der Waals surface area contributed by atoms with Crippen molar-refractivity contribution in [2.75, 3.05) is 76.8 Å². The number of nitrogens with zero attached hydrogens (tertiary/aromatic N) is 4. The molecule has 2 amide bonds. The molecule has 3 aromatic carbocycles. The number of benzene rings is 3. The van der Waals surface area contributed by atoms with Crippen LogP contribution in [0.5, 0.6) is 0 Å². The molecular weight excluding hydrogens is 642 g/mol. The molecule has 4 aromatic rings. The Labute approximate surface area is 293 Å². The third-order valence-corrected chi connectivity index (χ3v) is 8.70. The van der Waals surface area contributed by atoms with Crippen LogP contribution in [-0.4, -0.2) is 94.9 Å². The second-order valence-electron chi connectivity index (χ2n) is 12.3. The molecule has 2 fully saturated rings. The van der Waals surface area contributed by atoms with Crippen molar-refractivity contribution < 1.29 is 18.8 Å². The molecule has 2 aliphatic rings. The number of aldehydes is 1. The number of carbonyl (C=O) groups is 3. The highest BCUT2D eigenvalue weighted by Crippen LogP contribution is 2.25. The molecule has 0 radical (unpaired) electrons. The number of nitrogens with one attached hydrogen (secondary N) is 1. The normalized spacial score (nSPS) is 14.3. The summed E-state index contributed by atoms with van der Waals surface area (Å²) in [6.07, 6.45) is 3.94. The van der Waals surface area contributed by atoms with E-state index in [0.717, 1.165) is 61.0 Å². The van der Waals surface area contributed by atoms with Crippen molar-refractivity contribution in [3.8, 4) is 0 Å². The summed E-state index contributed by atoms with van der Waals surface area (Å²) in [5.74, 6) is 0.332. The van der Waals surface area contributed by atoms with Crippen molar-refractivity contribution in [1.29, 1.82) is 0 Å². The fraction of sp³-hybridized carbons (Fsp3) is 0.368. The molecule has 1 N–H and O–H groups in total. The van der Waals surface area contributed by atoms with Gasteiger partial charge in [-0.2, -0.15) is 0 Å². The Hall–Kier alpha value is -4.67. The van der Waals surface area contributed by atoms with Gasteiger partial charge < -0.3 is 29.3 Å². The second kappa shape index (κ2) is 18.2. The molecule has 6 rings (SSSR count). The number of likely N-dealkylation sites (N-methyl/N-ethyl adjacent to an activating group) is 1. The van der Waals surface area contributed by atoms with E-state index in [1.807, 2.05) is 90.3 Å². The number of halogens is 1. The molecule has 0 unspecified atom stereocenters. The van der Waals surface area contributed by atoms with Crippen molar-refractivity contribution in [1.82, 2.24) is 15.1 Å². The molecule has 11 heteroatoms. The first-order valence-corrected chi connectivity index (χ1v) is 17.0. The number of hydrogen-bond donors (Lipinski definition) is 1. The second-order valence-corrected chi connectivity index (χ2v) is 12.7. The molecule has 3 heterocycles. The van der Waals surface area contributed by atoms with E-state index < -0.39 is 0 Å². The quantitative estimate of drug-likeness (QED) is 0.265. The highest BCUT2D eigenvalue weighted by atomic mass is 35.5. The van der Waals surface area contributed by atoms with Crippen molar-refractivity contribution in [2.45, 2.75) is 26.2 Å². The monoisotopic (exact) mass is 687 g/mol. The number of hydrogen-bond acceptors (Lipinski definition) is 8. The number of likely N-dealkylation sites (tertiary alicyclic amines) is 1. The zero-order valence-electron chi connectivity index (χ0n) is 28.8. The van der Waals surface area contributed by atoms with Crippen LogP contribution in [0.1, 0.15) is 45.7 Å². The molecule has 1 aromatic heterocycles. The minimum absolute atomic E-state index is 0.0510. The molecular formula is C38H46ClN5O5. The van der Waals surface area contributed by atoms with Crippen molar-refractivity contribution in [3.05, 3.63) is 105 Å². The van der Waals surface area contributed by atoms with Crippen LogP contribution >= 0.6 is 11.6 Å². The summed E-state index contributed by atoms with van der Waals surface area (Å²) in [7, 11) is 5.57. The van der Waals surface area contributed by atoms with E-state index in [0.29, 0.717) is 36.9 Å². The van der Waals surface area contributed by atoms with E-state index in [1.54, 1.807) is 19.2 Å². The summed E-state index contributed by atoms with van der Waals surface area (Å²) in [5.41, 5.74) is 4.18. The van der Waals surface area contributed by atoms with Crippen LogP contribution < -0.4 is 20.5 Å². The number of rotatable bonds is 6. The van der Waals surface area contributed by atoms with Gasteiger partial charge in [0.25, 0.3) is 5.91 Å². The summed E-state index contributed by atoms with van der Waals surface area (Å²) in [4.78, 5) is 55.2. The van der Waals surface area contributed by atoms with Crippen molar-refractivity contribution in [2.24, 2.45) is 0 Å². The van der Waals surface area contributed by atoms with Crippen molar-refractivity contribution >= 4 is 52.0 Å². The van der Waals surface area contributed by atoms with E-state index in [-0.39, 0.29) is 23.0 Å². The maximum atomic E-state index is 12.9. The highest BCUT2D eigenvalue weighted by Gasteiger charge is 2.26. The third kappa shape index (κ3) is 10.4. The van der Waals surface area contributed by atoms with E-state index in [9.17, 15) is 19.2 Å². The number of anilines is 2. The minimum atomic E-state index is -0.202. The van der Waals surface area contributed by atoms with Gasteiger partial charge in [-0.15, -0.1) is 0 Å². The lowest BCUT2D eigenvalue weighted by atomic mass is 10.1. The minimum Gasteiger partial charge on any atom is -0.453 e. The molecule has 0 spiro atoms. The summed E-state index contributed by atoms with van der Waals surface area (Å²) >= 11 is 5.61. The lowest BCUT2D eigenvalue weighted by molar-refractivity contribution is -0.130. The fourth-order valence-corrected chi connectivity index (χ4v) is 5.82. The molecule has 0 bridgehead atoms. The average molecular weight is 688 g/mol. The average Bonchev–Trinajstić information content (AvgIpc) is 3.13. The van der Waals surface area contributed by atoms with Gasteiger partial charge in [0, 0.05) is 75.8 Å². The highest BCUT2D eigenvalue weighted by molar-refractivity contribution is 6.30. The van der Waals surface area contributed by atoms with E-state index in [2.05, 4.69) is 10.2 Å². The van der Waals surface area contributed by atoms with Crippen molar-refractivity contribution in [3.63, 3.8) is 0 Å². The van der Waals surface area contributed by atoms with Gasteiger partial charge in [-0.25, -0.2) is 0 Å². The van der Waals surface area contributed by atoms with Gasteiger partial charge in [0.05, 0.1) is 17.5 Å². The number of piperidine rings is 1. The lowest BCUT2D eigenvalue weighted by Crippen LogP contribution is -2.51. The topological polar surface area (TPSA) is 106 Å². The van der Waals surface area contributed by atoms with Gasteiger partial charge >= 0.3 is 0 Å². The molecule has 0 aliphatic carbocycles. The lowest BCUT2D eigenvalue weighted by Gasteiger charge is -2.37. The van der Waals surface area contributed by atoms with Gasteiger partial charge in [0.2, 0.25) is 5.91 Å². The maximum Gasteiger partial charge on any atom is 0.255 e. The molecule has 0 atom stereocenters. The van der Waals surface area contributed by atoms with Gasteiger partial charge in [0.15, 0.2) is 17.5 Å². The maximum absolute atomic E-state index is 12.9. The van der Waals surface area contributed by atoms with Crippen LogP contribution in [-0.2, 0) is 4.79 Å². The first kappa shape index (κ1) is 37.2. The first-order valence-electron chi connectivity index (χ1n) is 16.6. The summed E-state index contributed by atoms with van der Waals surface area (Å²) in [6.45, 7) is 7.07. The van der Waals surface area contributed by atoms with Crippen LogP contribution in [0.25, 0.3) is 11.0 Å². The zero-order chi connectivity index (χ0) is 35.3. The Kier molecular flexibility index (Phi) is 13.8. The van der Waals surface area contributed by atoms with Gasteiger partial charge in [-0.1, -0.05) is 41.4 Å². The SMILES string of the molecule is CN(C)c1ccc2oc(C=O)cc(=O)c2c1.CNCC(=O)N1CCN(c2ccccc2C(=O)N2CCCCC2)CC1.Cc1ccc(Cl)cc1. The largest absolute Gasteiger partial charge is 0.453 e. The molecule has 10 nitrogen and oxygen atoms in total. The van der Waals surface area contributed by atoms with Gasteiger partial charge in [-0.3, -0.25) is 19.2 Å². The number of amides is 2. The van der Waals surface area contributed by atoms with Crippen LogP contribution in [0, 0.1) is 6.92 Å². The molecule has 260 valence electrons. The number of piperazine rings is 1. The number of para-hydroxylation sites is 1. The smallest absolute Gasteiger partial charge is 0.255 e. The zero-order valence-corrected chi connectivity index (χ0v) is 29.5. The van der Waals surface area contributed by atoms with E-state index >= 15 is 0 Å². The predicted molar refractivity (Wildman–Crippen MR) is 197 cm³/mol. The van der Waals surface area contributed by atoms with Crippen LogP contribution in [0.4, 0.5) is 11.4 Å². The molecule has 49 heavy (non-hydrogen) atoms. The number of aryl methyl sites for hydroxylation is 1. The molecule has 0 saturated carbocycles. The van der Waals surface area contributed by atoms with Gasteiger partial charge in [0.1, 0.15) is 5.58 Å². The van der Waals surface area contributed by atoms with Crippen LogP contribution in [0.15, 0.2) is 82.0 Å². The Morgan fingerprint density at radius 1 is 0.878 bits per heavy atom. The Morgan fingerprint density at radius 3 is 2.16 bits per heavy atom. The number of carbonyl (C=O) groups excluding carboxylic acids is 3. The number of fused-ring (bicyclic) bond motifs is 1. The Morgan fingerprint density at radius 2 is 1.55 bits per heavy atom. The first-order chi connectivity index (χ1) is 23.6. The van der Waals surface area contributed by atoms with E-state index in [4.69, 9.17) is 16.0 Å². The summed E-state index contributed by atoms with van der Waals surface area (Å²) in [6, 6.07) is 22.1. The summed E-state index contributed by atoms with van der Waals surface area (Å²) in [5, 5.41) is 4.20. The predicted octanol–water partition coefficient (Wildman–Crippen LogP) is 5.50. The third-order valence-electron chi connectivity index (χ3n) is 8.45.